The van der Waals surface area contributed by atoms with Crippen molar-refractivity contribution in [2.45, 2.75) is 0 Å². The zero-order valence-corrected chi connectivity index (χ0v) is 5.97. The first-order valence-corrected chi connectivity index (χ1v) is 1.52. The molecule has 0 fully saturated rings. The molecular weight excluding hydrogens is 244 g/mol. The van der Waals surface area contributed by atoms with Gasteiger partial charge in [-0.15, -0.1) is 12.4 Å². The summed E-state index contributed by atoms with van der Waals surface area (Å²) >= 11 is 10.9. The van der Waals surface area contributed by atoms with E-state index in [1.54, 1.807) is 0 Å². The highest BCUT2D eigenvalue weighted by atomic mass is 35.5. The van der Waals surface area contributed by atoms with E-state index in [-0.39, 0.29) is 47.1 Å². The third-order valence-electron chi connectivity index (χ3n) is 0. The van der Waals surface area contributed by atoms with Crippen molar-refractivity contribution in [1.82, 2.24) is 0 Å². The van der Waals surface area contributed by atoms with Crippen molar-refractivity contribution in [2.24, 2.45) is 0 Å². The fraction of sp³-hybridized carbons (Fsp3) is 0. The minimum absolute atomic E-state index is 0. The maximum Gasteiger partial charge on any atom is 0.187 e. The van der Waals surface area contributed by atoms with Crippen molar-refractivity contribution in [3.05, 3.63) is 0 Å². The van der Waals surface area contributed by atoms with E-state index in [0.717, 1.165) is 0 Å². The molecule has 0 aliphatic rings. The molecule has 3 nitrogen and oxygen atoms in total. The molecule has 0 unspecified atom stereocenters. The van der Waals surface area contributed by atoms with Crippen LogP contribution in [0.1, 0.15) is 0 Å². The highest BCUT2D eigenvalue weighted by molar-refractivity contribution is 6.05. The van der Waals surface area contributed by atoms with E-state index in [1.165, 1.54) is 0 Å². The van der Waals surface area contributed by atoms with Crippen LogP contribution >= 0.6 is 48.0 Å². The minimum atomic E-state index is 0. The summed E-state index contributed by atoms with van der Waals surface area (Å²) in [4.78, 5) is 0. The van der Waals surface area contributed by atoms with E-state index in [2.05, 4.69) is 35.6 Å². The lowest BCUT2D eigenvalue weighted by molar-refractivity contribution is 0.632. The molecule has 0 bridgehead atoms. The molecule has 0 aromatic carbocycles. The molecule has 0 saturated carbocycles. The Bertz CT molecular complexity index is 13.8. The van der Waals surface area contributed by atoms with Crippen LogP contribution < -0.4 is 0 Å². The number of rotatable bonds is 0. The van der Waals surface area contributed by atoms with Gasteiger partial charge in [0, 0.05) is 0 Å². The molecule has 9 heavy (non-hydrogen) atoms. The van der Waals surface area contributed by atoms with E-state index < -0.39 is 0 Å². The molecule has 0 aliphatic carbocycles. The Morgan fingerprint density at radius 2 is 0.556 bits per heavy atom. The lowest BCUT2D eigenvalue weighted by atomic mass is 15.9. The van der Waals surface area contributed by atoms with Gasteiger partial charge in [0.05, 0.1) is 35.6 Å². The average Bonchev–Trinajstić information content (AvgIpc) is 1.81. The molecule has 0 saturated heterocycles. The van der Waals surface area contributed by atoms with Crippen molar-refractivity contribution in [3.8, 4) is 0 Å². The summed E-state index contributed by atoms with van der Waals surface area (Å²) in [5.74, 6) is 0. The van der Waals surface area contributed by atoms with Crippen LogP contribution in [0.3, 0.4) is 0 Å². The summed E-state index contributed by atoms with van der Waals surface area (Å²) in [6.07, 6.45) is 0. The van der Waals surface area contributed by atoms with Gasteiger partial charge < -0.3 is 0 Å². The van der Waals surface area contributed by atoms with Gasteiger partial charge in [-0.25, -0.2) is 0 Å². The fourth-order valence-electron chi connectivity index (χ4n) is 0. The van der Waals surface area contributed by atoms with E-state index in [4.69, 9.17) is 14.0 Å². The molecule has 0 aromatic rings. The number of hydrogen-bond donors (Lipinski definition) is 3. The van der Waals surface area contributed by atoms with Gasteiger partial charge in [-0.05, 0) is 0 Å². The molecule has 62 valence electrons. The molecule has 0 heterocycles. The zero-order chi connectivity index (χ0) is 6.00. The van der Waals surface area contributed by atoms with Gasteiger partial charge in [0.25, 0.3) is 0 Å². The van der Waals surface area contributed by atoms with Crippen LogP contribution in [0.4, 0.5) is 0 Å². The largest absolute Gasteiger partial charge is 0.295 e. The quantitative estimate of drug-likeness (QED) is 0.459. The highest BCUT2D eigenvalue weighted by Crippen LogP contribution is 1.32. The predicted octanol–water partition coefficient (Wildman–Crippen LogP) is -1.55. The van der Waals surface area contributed by atoms with Crippen molar-refractivity contribution in [3.63, 3.8) is 0 Å². The van der Waals surface area contributed by atoms with E-state index in [9.17, 15) is 0 Å². The molecule has 0 aromatic heterocycles. The molecule has 0 radical (unpaired) electrons. The minimum Gasteiger partial charge on any atom is -0.295 e. The molecular formula is H10Al2Cl4O3. The van der Waals surface area contributed by atoms with Gasteiger partial charge in [-0.2, -0.15) is 0 Å². The molecule has 0 aliphatic heterocycles. The highest BCUT2D eigenvalue weighted by Gasteiger charge is 0.901. The Balaban J connectivity index is -0.00000000321. The van der Waals surface area contributed by atoms with Crippen LogP contribution in [-0.4, -0.2) is 48.7 Å². The van der Waals surface area contributed by atoms with Crippen LogP contribution in [0.5, 0.6) is 0 Å². The maximum absolute atomic E-state index is 6.47. The summed E-state index contributed by atoms with van der Waals surface area (Å²) in [6.45, 7) is 0. The van der Waals surface area contributed by atoms with Gasteiger partial charge >= 0.3 is 0 Å². The smallest absolute Gasteiger partial charge is 0.187 e. The fourth-order valence-corrected chi connectivity index (χ4v) is 0. The number of hydrogen-bond acceptors (Lipinski definition) is 3. The second kappa shape index (κ2) is 189. The summed E-state index contributed by atoms with van der Waals surface area (Å²) in [5.41, 5.74) is 0. The first-order valence-electron chi connectivity index (χ1n) is 0.507. The van der Waals surface area contributed by atoms with Crippen LogP contribution in [-0.2, 0) is 0 Å². The van der Waals surface area contributed by atoms with Gasteiger partial charge in [-0.1, -0.05) is 0 Å². The monoisotopic (exact) mass is 252 g/mol. The Hall–Kier alpha value is 2.10. The summed E-state index contributed by atoms with van der Waals surface area (Å²) in [6, 6.07) is 0. The molecule has 0 rings (SSSR count). The Kier molecular flexibility index (Phi) is 914. The Labute approximate surface area is 96.1 Å². The number of halogens is 4. The Morgan fingerprint density at radius 3 is 0.556 bits per heavy atom. The standard InChI is InChI=1S/2Al.3ClHO.ClH.6H/c;;3*1-2;;;;;;;/h;;3*2H;1H;;;;;;. The van der Waals surface area contributed by atoms with Crippen molar-refractivity contribution in [2.75, 3.05) is 0 Å². The van der Waals surface area contributed by atoms with Gasteiger partial charge in [0.2, 0.25) is 0 Å². The van der Waals surface area contributed by atoms with E-state index in [1.807, 2.05) is 0 Å². The SMILES string of the molecule is Cl.OCl.OCl.OCl.[AlH3].[AlH3]. The second-order valence-electron chi connectivity index (χ2n) is 0. The summed E-state index contributed by atoms with van der Waals surface area (Å²) in [7, 11) is 0. The van der Waals surface area contributed by atoms with Crippen molar-refractivity contribution in [1.29, 1.82) is 0 Å². The molecule has 0 atom stereocenters. The third-order valence-corrected chi connectivity index (χ3v) is 0. The third kappa shape index (κ3) is 150. The lowest BCUT2D eigenvalue weighted by Crippen LogP contribution is -0.913. The first-order chi connectivity index (χ1) is 3.00. The molecule has 9 heteroatoms. The Morgan fingerprint density at radius 1 is 0.556 bits per heavy atom. The average molecular weight is 254 g/mol. The molecule has 3 N–H and O–H groups in total. The zero-order valence-electron chi connectivity index (χ0n) is 2.88. The summed E-state index contributed by atoms with van der Waals surface area (Å²) in [5, 5.41) is 0. The first kappa shape index (κ1) is 43.5. The van der Waals surface area contributed by atoms with Gasteiger partial charge in [-0.3, -0.25) is 14.0 Å². The normalized spacial score (nSPS) is 2.00. The molecule has 0 spiro atoms. The predicted molar refractivity (Wildman–Crippen MR) is 51.3 cm³/mol. The van der Waals surface area contributed by atoms with Crippen LogP contribution in [0.15, 0.2) is 0 Å². The van der Waals surface area contributed by atoms with Crippen LogP contribution in [0.2, 0.25) is 0 Å². The van der Waals surface area contributed by atoms with Gasteiger partial charge in [0.15, 0.2) is 34.7 Å². The molecule has 0 amide bonds. The van der Waals surface area contributed by atoms with E-state index >= 15 is 0 Å². The summed E-state index contributed by atoms with van der Waals surface area (Å²) < 4.78 is 19.4. The lowest BCUT2D eigenvalue weighted by Gasteiger charge is -1.13. The van der Waals surface area contributed by atoms with Crippen molar-refractivity contribution >= 4 is 82.7 Å². The maximum atomic E-state index is 6.47. The topological polar surface area (TPSA) is 60.7 Å². The van der Waals surface area contributed by atoms with E-state index in [0.29, 0.717) is 0 Å². The van der Waals surface area contributed by atoms with Crippen LogP contribution in [0, 0.1) is 0 Å². The van der Waals surface area contributed by atoms with Crippen LogP contribution in [0.25, 0.3) is 0 Å². The van der Waals surface area contributed by atoms with Crippen molar-refractivity contribution < 1.29 is 14.0 Å². The van der Waals surface area contributed by atoms with Gasteiger partial charge in [0.1, 0.15) is 0 Å². The second-order valence-corrected chi connectivity index (χ2v) is 0.